The van der Waals surface area contributed by atoms with Gasteiger partial charge in [-0.15, -0.1) is 5.10 Å². The van der Waals surface area contributed by atoms with Crippen LogP contribution in [0.4, 0.5) is 0 Å². The second kappa shape index (κ2) is 6.90. The van der Waals surface area contributed by atoms with Crippen molar-refractivity contribution in [3.05, 3.63) is 23.0 Å². The van der Waals surface area contributed by atoms with E-state index < -0.39 is 17.9 Å². The molecule has 1 rings (SSSR count). The Bertz CT molecular complexity index is 404. The molecule has 0 saturated heterocycles. The fraction of sp³-hybridized carbons (Fsp3) is 0.455. The fourth-order valence-corrected chi connectivity index (χ4v) is 1.37. The van der Waals surface area contributed by atoms with Crippen molar-refractivity contribution >= 4 is 23.5 Å². The summed E-state index contributed by atoms with van der Waals surface area (Å²) in [6.45, 7) is 3.62. The standard InChI is InChI=1S/C11H13ClN2O4/c1-3-17-10(15)9(11(16)18-4-2)7-5-6-8(12)14-13-7/h5-6,9H,3-4H2,1-2H3. The molecule has 0 amide bonds. The molecule has 1 aromatic rings. The van der Waals surface area contributed by atoms with Crippen LogP contribution in [0.1, 0.15) is 25.5 Å². The number of hydrogen-bond acceptors (Lipinski definition) is 6. The summed E-state index contributed by atoms with van der Waals surface area (Å²) < 4.78 is 9.63. The number of esters is 2. The van der Waals surface area contributed by atoms with Gasteiger partial charge in [0.25, 0.3) is 0 Å². The van der Waals surface area contributed by atoms with Crippen LogP contribution in [-0.4, -0.2) is 35.3 Å². The molecule has 0 atom stereocenters. The maximum absolute atomic E-state index is 11.7. The minimum Gasteiger partial charge on any atom is -0.465 e. The lowest BCUT2D eigenvalue weighted by Gasteiger charge is -2.13. The summed E-state index contributed by atoms with van der Waals surface area (Å²) in [5.41, 5.74) is 0.149. The summed E-state index contributed by atoms with van der Waals surface area (Å²) >= 11 is 5.59. The predicted molar refractivity (Wildman–Crippen MR) is 63.0 cm³/mol. The smallest absolute Gasteiger partial charge is 0.326 e. The Balaban J connectivity index is 2.99. The number of halogens is 1. The maximum atomic E-state index is 11.7. The van der Waals surface area contributed by atoms with E-state index in [1.807, 2.05) is 0 Å². The molecular weight excluding hydrogens is 260 g/mol. The molecule has 0 unspecified atom stereocenters. The number of rotatable bonds is 5. The first-order chi connectivity index (χ1) is 8.60. The molecular formula is C11H13ClN2O4. The van der Waals surface area contributed by atoms with Crippen LogP contribution >= 0.6 is 11.6 Å². The number of carbonyl (C=O) groups is 2. The molecule has 0 aliphatic heterocycles. The Morgan fingerprint density at radius 2 is 1.72 bits per heavy atom. The van der Waals surface area contributed by atoms with E-state index in [0.29, 0.717) is 0 Å². The summed E-state index contributed by atoms with van der Waals surface area (Å²) in [4.78, 5) is 23.4. The summed E-state index contributed by atoms with van der Waals surface area (Å²) in [6, 6.07) is 2.88. The minimum absolute atomic E-state index is 0.149. The maximum Gasteiger partial charge on any atom is 0.326 e. The van der Waals surface area contributed by atoms with Crippen LogP contribution in [0.2, 0.25) is 5.15 Å². The number of ether oxygens (including phenoxy) is 2. The van der Waals surface area contributed by atoms with Crippen LogP contribution in [0.3, 0.4) is 0 Å². The molecule has 1 aromatic heterocycles. The molecule has 0 fully saturated rings. The number of nitrogens with zero attached hydrogens (tertiary/aromatic N) is 2. The van der Waals surface area contributed by atoms with Gasteiger partial charge in [0.1, 0.15) is 0 Å². The fourth-order valence-electron chi connectivity index (χ4n) is 1.27. The van der Waals surface area contributed by atoms with Crippen molar-refractivity contribution in [2.45, 2.75) is 19.8 Å². The minimum atomic E-state index is -1.23. The SMILES string of the molecule is CCOC(=O)C(C(=O)OCC)c1ccc(Cl)nn1. The highest BCUT2D eigenvalue weighted by Gasteiger charge is 2.33. The Kier molecular flexibility index (Phi) is 5.51. The first-order valence-corrected chi connectivity index (χ1v) is 5.80. The number of carbonyl (C=O) groups excluding carboxylic acids is 2. The molecule has 0 N–H and O–H groups in total. The molecule has 0 aromatic carbocycles. The van der Waals surface area contributed by atoms with E-state index in [9.17, 15) is 9.59 Å². The van der Waals surface area contributed by atoms with Crippen molar-refractivity contribution in [2.24, 2.45) is 0 Å². The third-order valence-electron chi connectivity index (χ3n) is 1.99. The van der Waals surface area contributed by atoms with Crippen molar-refractivity contribution in [2.75, 3.05) is 13.2 Å². The highest BCUT2D eigenvalue weighted by molar-refractivity contribution is 6.29. The lowest BCUT2D eigenvalue weighted by molar-refractivity contribution is -0.157. The molecule has 0 radical (unpaired) electrons. The molecule has 0 aliphatic rings. The quantitative estimate of drug-likeness (QED) is 0.594. The molecule has 0 saturated carbocycles. The lowest BCUT2D eigenvalue weighted by Crippen LogP contribution is -2.27. The zero-order chi connectivity index (χ0) is 13.5. The molecule has 98 valence electrons. The first-order valence-electron chi connectivity index (χ1n) is 5.42. The van der Waals surface area contributed by atoms with Crippen LogP contribution in [0.25, 0.3) is 0 Å². The summed E-state index contributed by atoms with van der Waals surface area (Å²) in [5.74, 6) is -2.66. The van der Waals surface area contributed by atoms with Crippen LogP contribution in [0, 0.1) is 0 Å². The average molecular weight is 273 g/mol. The second-order valence-corrected chi connectivity index (χ2v) is 3.61. The second-order valence-electron chi connectivity index (χ2n) is 3.22. The third-order valence-corrected chi connectivity index (χ3v) is 2.19. The van der Waals surface area contributed by atoms with Crippen LogP contribution in [0.15, 0.2) is 12.1 Å². The van der Waals surface area contributed by atoms with Gasteiger partial charge in [-0.2, -0.15) is 5.10 Å². The van der Waals surface area contributed by atoms with Crippen molar-refractivity contribution in [1.82, 2.24) is 10.2 Å². The Morgan fingerprint density at radius 1 is 1.17 bits per heavy atom. The van der Waals surface area contributed by atoms with Crippen molar-refractivity contribution in [3.8, 4) is 0 Å². The topological polar surface area (TPSA) is 78.4 Å². The van der Waals surface area contributed by atoms with E-state index in [4.69, 9.17) is 21.1 Å². The first kappa shape index (κ1) is 14.4. The van der Waals surface area contributed by atoms with Crippen molar-refractivity contribution in [3.63, 3.8) is 0 Å². The van der Waals surface area contributed by atoms with Crippen LogP contribution in [-0.2, 0) is 19.1 Å². The lowest BCUT2D eigenvalue weighted by atomic mass is 10.1. The van der Waals surface area contributed by atoms with E-state index >= 15 is 0 Å². The molecule has 1 heterocycles. The summed E-state index contributed by atoms with van der Waals surface area (Å²) in [6.07, 6.45) is 0. The van der Waals surface area contributed by atoms with Crippen molar-refractivity contribution < 1.29 is 19.1 Å². The number of hydrogen-bond donors (Lipinski definition) is 0. The van der Waals surface area contributed by atoms with Gasteiger partial charge in [-0.1, -0.05) is 11.6 Å². The Morgan fingerprint density at radius 3 is 2.11 bits per heavy atom. The highest BCUT2D eigenvalue weighted by atomic mass is 35.5. The monoisotopic (exact) mass is 272 g/mol. The van der Waals surface area contributed by atoms with Gasteiger partial charge in [0.2, 0.25) is 0 Å². The molecule has 18 heavy (non-hydrogen) atoms. The summed E-state index contributed by atoms with van der Waals surface area (Å²) in [5, 5.41) is 7.46. The Labute approximate surface area is 109 Å². The van der Waals surface area contributed by atoms with E-state index in [-0.39, 0.29) is 24.1 Å². The molecule has 0 bridgehead atoms. The Hall–Kier alpha value is -1.69. The van der Waals surface area contributed by atoms with E-state index in [1.165, 1.54) is 12.1 Å². The van der Waals surface area contributed by atoms with Gasteiger partial charge in [0, 0.05) is 0 Å². The summed E-state index contributed by atoms with van der Waals surface area (Å²) in [7, 11) is 0. The van der Waals surface area contributed by atoms with E-state index in [1.54, 1.807) is 13.8 Å². The van der Waals surface area contributed by atoms with Gasteiger partial charge in [-0.25, -0.2) is 0 Å². The molecule has 7 heteroatoms. The van der Waals surface area contributed by atoms with Gasteiger partial charge >= 0.3 is 11.9 Å². The van der Waals surface area contributed by atoms with Gasteiger partial charge in [-0.3, -0.25) is 9.59 Å². The van der Waals surface area contributed by atoms with Crippen LogP contribution < -0.4 is 0 Å². The highest BCUT2D eigenvalue weighted by Crippen LogP contribution is 2.18. The van der Waals surface area contributed by atoms with Gasteiger partial charge in [-0.05, 0) is 26.0 Å². The predicted octanol–water partition coefficient (Wildman–Crippen LogP) is 1.34. The molecule has 0 spiro atoms. The van der Waals surface area contributed by atoms with Gasteiger partial charge < -0.3 is 9.47 Å². The number of aromatic nitrogens is 2. The van der Waals surface area contributed by atoms with Crippen molar-refractivity contribution in [1.29, 1.82) is 0 Å². The largest absolute Gasteiger partial charge is 0.465 e. The van der Waals surface area contributed by atoms with Gasteiger partial charge in [0.05, 0.1) is 18.9 Å². The van der Waals surface area contributed by atoms with E-state index in [0.717, 1.165) is 0 Å². The van der Waals surface area contributed by atoms with Gasteiger partial charge in [0.15, 0.2) is 11.1 Å². The third kappa shape index (κ3) is 3.66. The van der Waals surface area contributed by atoms with E-state index in [2.05, 4.69) is 10.2 Å². The molecule has 6 nitrogen and oxygen atoms in total. The van der Waals surface area contributed by atoms with Crippen LogP contribution in [0.5, 0.6) is 0 Å². The normalized spacial score (nSPS) is 10.2. The zero-order valence-electron chi connectivity index (χ0n) is 10.1. The molecule has 0 aliphatic carbocycles. The average Bonchev–Trinajstić information content (AvgIpc) is 2.33. The zero-order valence-corrected chi connectivity index (χ0v) is 10.8.